The molecule has 0 aromatic carbocycles. The Morgan fingerprint density at radius 1 is 1.45 bits per heavy atom. The molecule has 0 N–H and O–H groups in total. The zero-order valence-corrected chi connectivity index (χ0v) is 6.87. The molecule has 0 saturated heterocycles. The second-order valence-corrected chi connectivity index (χ2v) is 2.75. The molecule has 0 radical (unpaired) electrons. The fourth-order valence-electron chi connectivity index (χ4n) is 0.937. The van der Waals surface area contributed by atoms with E-state index in [0.717, 1.165) is 5.56 Å². The Kier molecular flexibility index (Phi) is 2.36. The summed E-state index contributed by atoms with van der Waals surface area (Å²) in [6, 6.07) is 3.92. The van der Waals surface area contributed by atoms with Gasteiger partial charge in [0.05, 0.1) is 0 Å². The van der Waals surface area contributed by atoms with Gasteiger partial charge >= 0.3 is 0 Å². The van der Waals surface area contributed by atoms with Gasteiger partial charge in [-0.2, -0.15) is 0 Å². The van der Waals surface area contributed by atoms with E-state index >= 15 is 0 Å². The monoisotopic (exact) mass is 150 g/mol. The van der Waals surface area contributed by atoms with E-state index in [4.69, 9.17) is 0 Å². The lowest BCUT2D eigenvalue weighted by atomic mass is 10.1. The van der Waals surface area contributed by atoms with Crippen LogP contribution in [0.15, 0.2) is 24.5 Å². The van der Waals surface area contributed by atoms with Crippen molar-refractivity contribution in [3.8, 4) is 0 Å². The first-order valence-corrected chi connectivity index (χ1v) is 3.62. The Bertz CT molecular complexity index is 251. The fourth-order valence-corrected chi connectivity index (χ4v) is 0.937. The van der Waals surface area contributed by atoms with Crippen molar-refractivity contribution < 1.29 is 9.36 Å². The standard InChI is InChI=1S/C9H12NO/c1-8(11)7-9-3-5-10(2)6-4-9/h3-6H,7H2,1-2H3/q+1. The molecule has 2 heteroatoms. The molecule has 0 atom stereocenters. The lowest BCUT2D eigenvalue weighted by Gasteiger charge is -1.93. The van der Waals surface area contributed by atoms with Crippen molar-refractivity contribution in [1.29, 1.82) is 0 Å². The molecule has 1 aromatic heterocycles. The van der Waals surface area contributed by atoms with Crippen LogP contribution in [0.3, 0.4) is 0 Å². The van der Waals surface area contributed by atoms with Gasteiger partial charge in [-0.05, 0) is 12.5 Å². The quantitative estimate of drug-likeness (QED) is 0.567. The van der Waals surface area contributed by atoms with Gasteiger partial charge in [0.15, 0.2) is 12.4 Å². The average molecular weight is 150 g/mol. The van der Waals surface area contributed by atoms with Gasteiger partial charge in [-0.25, -0.2) is 4.57 Å². The highest BCUT2D eigenvalue weighted by molar-refractivity contribution is 5.77. The highest BCUT2D eigenvalue weighted by atomic mass is 16.1. The third-order valence-corrected chi connectivity index (χ3v) is 1.50. The van der Waals surface area contributed by atoms with Crippen LogP contribution < -0.4 is 4.57 Å². The van der Waals surface area contributed by atoms with Crippen LogP contribution in [-0.2, 0) is 18.3 Å². The Hall–Kier alpha value is -1.18. The normalized spacial score (nSPS) is 9.64. The van der Waals surface area contributed by atoms with Gasteiger partial charge < -0.3 is 0 Å². The summed E-state index contributed by atoms with van der Waals surface area (Å²) in [6.45, 7) is 1.60. The van der Waals surface area contributed by atoms with Crippen molar-refractivity contribution in [2.75, 3.05) is 0 Å². The van der Waals surface area contributed by atoms with Crippen molar-refractivity contribution >= 4 is 5.78 Å². The molecule has 0 bridgehead atoms. The smallest absolute Gasteiger partial charge is 0.168 e. The number of Topliss-reactive ketones (excluding diaryl/α,β-unsaturated/α-hetero) is 1. The zero-order chi connectivity index (χ0) is 8.27. The number of hydrogen-bond acceptors (Lipinski definition) is 1. The average Bonchev–Trinajstić information content (AvgIpc) is 1.93. The number of aryl methyl sites for hydroxylation is 1. The molecule has 0 aliphatic rings. The third kappa shape index (κ3) is 2.50. The molecule has 0 aliphatic heterocycles. The molecule has 0 aliphatic carbocycles. The van der Waals surface area contributed by atoms with Crippen LogP contribution in [-0.4, -0.2) is 5.78 Å². The van der Waals surface area contributed by atoms with Crippen molar-refractivity contribution in [3.63, 3.8) is 0 Å². The lowest BCUT2D eigenvalue weighted by Crippen LogP contribution is -2.26. The van der Waals surface area contributed by atoms with Gasteiger partial charge in [-0.3, -0.25) is 4.79 Å². The van der Waals surface area contributed by atoms with Crippen molar-refractivity contribution in [1.82, 2.24) is 0 Å². The Morgan fingerprint density at radius 2 is 2.00 bits per heavy atom. The molecule has 1 heterocycles. The Balaban J connectivity index is 2.74. The molecular formula is C9H12NO+. The summed E-state index contributed by atoms with van der Waals surface area (Å²) in [5.74, 6) is 0.207. The molecular weight excluding hydrogens is 138 g/mol. The van der Waals surface area contributed by atoms with Crippen LogP contribution in [0.1, 0.15) is 12.5 Å². The molecule has 0 unspecified atom stereocenters. The highest BCUT2D eigenvalue weighted by Crippen LogP contribution is 1.96. The topological polar surface area (TPSA) is 20.9 Å². The van der Waals surface area contributed by atoms with E-state index in [-0.39, 0.29) is 5.78 Å². The van der Waals surface area contributed by atoms with Crippen LogP contribution in [0.2, 0.25) is 0 Å². The minimum absolute atomic E-state index is 0.207. The number of carbonyl (C=O) groups excluding carboxylic acids is 1. The van der Waals surface area contributed by atoms with Gasteiger partial charge in [0, 0.05) is 18.6 Å². The molecule has 0 fully saturated rings. The number of aromatic nitrogens is 1. The van der Waals surface area contributed by atoms with Gasteiger partial charge in [-0.1, -0.05) is 0 Å². The van der Waals surface area contributed by atoms with Gasteiger partial charge in [0.2, 0.25) is 0 Å². The maximum atomic E-state index is 10.7. The SMILES string of the molecule is CC(=O)Cc1cc[n+](C)cc1. The van der Waals surface area contributed by atoms with E-state index in [0.29, 0.717) is 6.42 Å². The maximum Gasteiger partial charge on any atom is 0.168 e. The zero-order valence-electron chi connectivity index (χ0n) is 6.87. The third-order valence-electron chi connectivity index (χ3n) is 1.50. The molecule has 0 spiro atoms. The largest absolute Gasteiger partial charge is 0.300 e. The summed E-state index contributed by atoms with van der Waals surface area (Å²) < 4.78 is 1.95. The van der Waals surface area contributed by atoms with Crippen molar-refractivity contribution in [2.45, 2.75) is 13.3 Å². The first-order valence-electron chi connectivity index (χ1n) is 3.62. The second-order valence-electron chi connectivity index (χ2n) is 2.75. The van der Waals surface area contributed by atoms with E-state index < -0.39 is 0 Å². The second kappa shape index (κ2) is 3.28. The van der Waals surface area contributed by atoms with Gasteiger partial charge in [0.1, 0.15) is 12.8 Å². The van der Waals surface area contributed by atoms with E-state index in [2.05, 4.69) is 0 Å². The Labute approximate surface area is 66.5 Å². The van der Waals surface area contributed by atoms with Crippen LogP contribution in [0.4, 0.5) is 0 Å². The summed E-state index contributed by atoms with van der Waals surface area (Å²) in [4.78, 5) is 10.7. The molecule has 0 saturated carbocycles. The number of carbonyl (C=O) groups is 1. The summed E-state index contributed by atoms with van der Waals surface area (Å²) in [6.07, 6.45) is 4.43. The van der Waals surface area contributed by atoms with Crippen molar-refractivity contribution in [2.24, 2.45) is 7.05 Å². The van der Waals surface area contributed by atoms with Crippen LogP contribution >= 0.6 is 0 Å². The predicted molar refractivity (Wildman–Crippen MR) is 42.0 cm³/mol. The molecule has 0 amide bonds. The predicted octanol–water partition coefficient (Wildman–Crippen LogP) is 0.643. The van der Waals surface area contributed by atoms with E-state index in [1.807, 2.05) is 36.1 Å². The molecule has 58 valence electrons. The number of rotatable bonds is 2. The van der Waals surface area contributed by atoms with Crippen molar-refractivity contribution in [3.05, 3.63) is 30.1 Å². The van der Waals surface area contributed by atoms with Gasteiger partial charge in [0.25, 0.3) is 0 Å². The lowest BCUT2D eigenvalue weighted by molar-refractivity contribution is -0.671. The maximum absolute atomic E-state index is 10.7. The molecule has 11 heavy (non-hydrogen) atoms. The van der Waals surface area contributed by atoms with E-state index in [1.165, 1.54) is 0 Å². The summed E-state index contributed by atoms with van der Waals surface area (Å²) >= 11 is 0. The molecule has 1 aromatic rings. The first kappa shape index (κ1) is 7.92. The fraction of sp³-hybridized carbons (Fsp3) is 0.333. The Morgan fingerprint density at radius 3 is 2.45 bits per heavy atom. The van der Waals surface area contributed by atoms with Crippen LogP contribution in [0, 0.1) is 0 Å². The first-order chi connectivity index (χ1) is 5.18. The van der Waals surface area contributed by atoms with E-state index in [1.54, 1.807) is 6.92 Å². The number of pyridine rings is 1. The van der Waals surface area contributed by atoms with Crippen LogP contribution in [0.25, 0.3) is 0 Å². The van der Waals surface area contributed by atoms with Crippen LogP contribution in [0.5, 0.6) is 0 Å². The summed E-state index contributed by atoms with van der Waals surface area (Å²) in [7, 11) is 1.96. The number of nitrogens with zero attached hydrogens (tertiary/aromatic N) is 1. The van der Waals surface area contributed by atoms with E-state index in [9.17, 15) is 4.79 Å². The summed E-state index contributed by atoms with van der Waals surface area (Å²) in [5.41, 5.74) is 1.08. The molecule has 1 rings (SSSR count). The van der Waals surface area contributed by atoms with Gasteiger partial charge in [-0.15, -0.1) is 0 Å². The minimum atomic E-state index is 0.207. The molecule has 2 nitrogen and oxygen atoms in total. The highest BCUT2D eigenvalue weighted by Gasteiger charge is 1.98. The minimum Gasteiger partial charge on any atom is -0.300 e. The summed E-state index contributed by atoms with van der Waals surface area (Å²) in [5, 5.41) is 0. The number of hydrogen-bond donors (Lipinski definition) is 0. The number of ketones is 1.